The summed E-state index contributed by atoms with van der Waals surface area (Å²) in [4.78, 5) is 43.6. The summed E-state index contributed by atoms with van der Waals surface area (Å²) in [6, 6.07) is 10.4. The van der Waals surface area contributed by atoms with Crippen LogP contribution in [0.1, 0.15) is 34.7 Å². The van der Waals surface area contributed by atoms with E-state index in [0.29, 0.717) is 43.1 Å². The van der Waals surface area contributed by atoms with Crippen LogP contribution >= 0.6 is 0 Å². The molecule has 0 bridgehead atoms. The second-order valence-electron chi connectivity index (χ2n) is 6.48. The van der Waals surface area contributed by atoms with Crippen molar-refractivity contribution in [1.29, 1.82) is 0 Å². The minimum Gasteiger partial charge on any atom is -0.368 e. The van der Waals surface area contributed by atoms with Gasteiger partial charge in [-0.1, -0.05) is 12.1 Å². The average Bonchev–Trinajstić information content (AvgIpc) is 2.68. The minimum atomic E-state index is -0.333. The quantitative estimate of drug-likeness (QED) is 0.839. The van der Waals surface area contributed by atoms with Gasteiger partial charge in [-0.3, -0.25) is 19.4 Å². The predicted molar refractivity (Wildman–Crippen MR) is 103 cm³/mol. The standard InChI is InChI=1S/C20H22N4O3/c1-14(25)16-4-3-5-17(12-16)22-20(27)19-13-18(6-7-21-19)24-10-8-23(9-11-24)15(2)26/h3-7,12-13H,8-11H2,1-2H3,(H,22,27). The topological polar surface area (TPSA) is 82.6 Å². The van der Waals surface area contributed by atoms with Gasteiger partial charge in [0.15, 0.2) is 5.78 Å². The number of anilines is 2. The van der Waals surface area contributed by atoms with Gasteiger partial charge in [0, 0.05) is 56.2 Å². The van der Waals surface area contributed by atoms with Gasteiger partial charge in [-0.25, -0.2) is 0 Å². The molecule has 0 atom stereocenters. The number of nitrogens with zero attached hydrogens (tertiary/aromatic N) is 3. The van der Waals surface area contributed by atoms with E-state index in [4.69, 9.17) is 0 Å². The van der Waals surface area contributed by atoms with E-state index in [9.17, 15) is 14.4 Å². The molecule has 1 aliphatic heterocycles. The third-order valence-electron chi connectivity index (χ3n) is 4.59. The first kappa shape index (κ1) is 18.6. The molecule has 0 spiro atoms. The van der Waals surface area contributed by atoms with Crippen molar-refractivity contribution in [2.24, 2.45) is 0 Å². The van der Waals surface area contributed by atoms with Crippen LogP contribution in [0.5, 0.6) is 0 Å². The fourth-order valence-electron chi connectivity index (χ4n) is 3.03. The van der Waals surface area contributed by atoms with Crippen molar-refractivity contribution in [2.45, 2.75) is 13.8 Å². The second-order valence-corrected chi connectivity index (χ2v) is 6.48. The molecule has 140 valence electrons. The Kier molecular flexibility index (Phi) is 5.49. The van der Waals surface area contributed by atoms with Crippen molar-refractivity contribution in [1.82, 2.24) is 9.88 Å². The molecule has 0 radical (unpaired) electrons. The molecule has 3 rings (SSSR count). The minimum absolute atomic E-state index is 0.0593. The van der Waals surface area contributed by atoms with E-state index in [1.807, 2.05) is 11.0 Å². The summed E-state index contributed by atoms with van der Waals surface area (Å²) in [5, 5.41) is 2.78. The largest absolute Gasteiger partial charge is 0.368 e. The van der Waals surface area contributed by atoms with Gasteiger partial charge in [0.25, 0.3) is 5.91 Å². The highest BCUT2D eigenvalue weighted by molar-refractivity contribution is 6.04. The Morgan fingerprint density at radius 2 is 1.74 bits per heavy atom. The third-order valence-corrected chi connectivity index (χ3v) is 4.59. The second kappa shape index (κ2) is 7.99. The molecule has 1 aromatic carbocycles. The third kappa shape index (κ3) is 4.49. The van der Waals surface area contributed by atoms with Gasteiger partial charge in [-0.2, -0.15) is 0 Å². The molecule has 7 heteroatoms. The van der Waals surface area contributed by atoms with Crippen LogP contribution in [0, 0.1) is 0 Å². The first-order valence-corrected chi connectivity index (χ1v) is 8.83. The van der Waals surface area contributed by atoms with Crippen LogP contribution in [0.25, 0.3) is 0 Å². The number of piperazine rings is 1. The SMILES string of the molecule is CC(=O)c1cccc(NC(=O)c2cc(N3CCN(C(C)=O)CC3)ccn2)c1. The Hall–Kier alpha value is -3.22. The highest BCUT2D eigenvalue weighted by Crippen LogP contribution is 2.18. The molecule has 2 aromatic rings. The summed E-state index contributed by atoms with van der Waals surface area (Å²) in [7, 11) is 0. The fourth-order valence-corrected chi connectivity index (χ4v) is 3.03. The smallest absolute Gasteiger partial charge is 0.274 e. The number of Topliss-reactive ketones (excluding diaryl/α,β-unsaturated/α-hetero) is 1. The maximum Gasteiger partial charge on any atom is 0.274 e. The molecule has 1 aliphatic rings. The Bertz CT molecular complexity index is 873. The van der Waals surface area contributed by atoms with Crippen molar-refractivity contribution in [3.8, 4) is 0 Å². The van der Waals surface area contributed by atoms with Gasteiger partial charge in [0.1, 0.15) is 5.69 Å². The lowest BCUT2D eigenvalue weighted by atomic mass is 10.1. The van der Waals surface area contributed by atoms with E-state index in [1.54, 1.807) is 43.5 Å². The van der Waals surface area contributed by atoms with Crippen LogP contribution in [0.4, 0.5) is 11.4 Å². The number of carbonyl (C=O) groups excluding carboxylic acids is 3. The maximum atomic E-state index is 12.5. The van der Waals surface area contributed by atoms with Crippen LogP contribution in [0.2, 0.25) is 0 Å². The Labute approximate surface area is 158 Å². The van der Waals surface area contributed by atoms with E-state index < -0.39 is 0 Å². The summed E-state index contributed by atoms with van der Waals surface area (Å²) in [5.41, 5.74) is 2.29. The zero-order chi connectivity index (χ0) is 19.4. The lowest BCUT2D eigenvalue weighted by Gasteiger charge is -2.35. The Balaban J connectivity index is 1.70. The van der Waals surface area contributed by atoms with Gasteiger partial charge in [-0.15, -0.1) is 0 Å². The molecule has 1 aromatic heterocycles. The summed E-state index contributed by atoms with van der Waals surface area (Å²) in [6.45, 7) is 5.81. The normalized spacial score (nSPS) is 14.0. The van der Waals surface area contributed by atoms with E-state index >= 15 is 0 Å². The monoisotopic (exact) mass is 366 g/mol. The summed E-state index contributed by atoms with van der Waals surface area (Å²) in [5.74, 6) is -0.312. The number of amides is 2. The molecule has 1 saturated heterocycles. The molecule has 27 heavy (non-hydrogen) atoms. The molecule has 1 N–H and O–H groups in total. The van der Waals surface area contributed by atoms with Crippen molar-refractivity contribution in [2.75, 3.05) is 36.4 Å². The van der Waals surface area contributed by atoms with Crippen LogP contribution < -0.4 is 10.2 Å². The van der Waals surface area contributed by atoms with Gasteiger partial charge in [-0.05, 0) is 31.2 Å². The van der Waals surface area contributed by atoms with E-state index in [1.165, 1.54) is 6.92 Å². The zero-order valence-corrected chi connectivity index (χ0v) is 15.4. The van der Waals surface area contributed by atoms with Gasteiger partial charge in [0.2, 0.25) is 5.91 Å². The van der Waals surface area contributed by atoms with Crippen molar-refractivity contribution < 1.29 is 14.4 Å². The van der Waals surface area contributed by atoms with E-state index in [0.717, 1.165) is 5.69 Å². The first-order chi connectivity index (χ1) is 12.9. The van der Waals surface area contributed by atoms with Gasteiger partial charge >= 0.3 is 0 Å². The number of pyridine rings is 1. The predicted octanol–water partition coefficient (Wildman–Crippen LogP) is 2.21. The van der Waals surface area contributed by atoms with Gasteiger partial charge < -0.3 is 15.1 Å². The number of hydrogen-bond donors (Lipinski definition) is 1. The molecule has 7 nitrogen and oxygen atoms in total. The summed E-state index contributed by atoms with van der Waals surface area (Å²) >= 11 is 0. The molecule has 0 saturated carbocycles. The summed E-state index contributed by atoms with van der Waals surface area (Å²) in [6.07, 6.45) is 1.60. The van der Waals surface area contributed by atoms with Crippen molar-refractivity contribution >= 4 is 29.0 Å². The molecule has 0 unspecified atom stereocenters. The van der Waals surface area contributed by atoms with E-state index in [-0.39, 0.29) is 17.6 Å². The van der Waals surface area contributed by atoms with Crippen LogP contribution in [-0.4, -0.2) is 53.7 Å². The number of hydrogen-bond acceptors (Lipinski definition) is 5. The van der Waals surface area contributed by atoms with Crippen LogP contribution in [-0.2, 0) is 4.79 Å². The van der Waals surface area contributed by atoms with Crippen LogP contribution in [0.15, 0.2) is 42.6 Å². The lowest BCUT2D eigenvalue weighted by Crippen LogP contribution is -2.48. The number of rotatable bonds is 4. The van der Waals surface area contributed by atoms with E-state index in [2.05, 4.69) is 15.2 Å². The highest BCUT2D eigenvalue weighted by atomic mass is 16.2. The number of aromatic nitrogens is 1. The summed E-state index contributed by atoms with van der Waals surface area (Å²) < 4.78 is 0. The Morgan fingerprint density at radius 1 is 1.00 bits per heavy atom. The van der Waals surface area contributed by atoms with Crippen molar-refractivity contribution in [3.63, 3.8) is 0 Å². The van der Waals surface area contributed by atoms with Crippen LogP contribution in [0.3, 0.4) is 0 Å². The molecule has 1 fully saturated rings. The molecule has 2 amide bonds. The maximum absolute atomic E-state index is 12.5. The number of benzene rings is 1. The molecule has 0 aliphatic carbocycles. The fraction of sp³-hybridized carbons (Fsp3) is 0.300. The Morgan fingerprint density at radius 3 is 2.41 bits per heavy atom. The number of nitrogens with one attached hydrogen (secondary N) is 1. The highest BCUT2D eigenvalue weighted by Gasteiger charge is 2.20. The lowest BCUT2D eigenvalue weighted by molar-refractivity contribution is -0.129. The molecule has 2 heterocycles. The number of ketones is 1. The average molecular weight is 366 g/mol. The van der Waals surface area contributed by atoms with Gasteiger partial charge in [0.05, 0.1) is 0 Å². The van der Waals surface area contributed by atoms with Crippen molar-refractivity contribution in [3.05, 3.63) is 53.9 Å². The zero-order valence-electron chi connectivity index (χ0n) is 15.4. The molecular formula is C20H22N4O3. The first-order valence-electron chi connectivity index (χ1n) is 8.83. The molecular weight excluding hydrogens is 344 g/mol. The number of carbonyl (C=O) groups is 3.